The maximum absolute atomic E-state index is 13.0. The monoisotopic (exact) mass is 467 g/mol. The van der Waals surface area contributed by atoms with Gasteiger partial charge in [0.1, 0.15) is 12.2 Å². The Balaban J connectivity index is 1.27. The molecule has 2 saturated heterocycles. The summed E-state index contributed by atoms with van der Waals surface area (Å²) in [5.41, 5.74) is 2.29. The summed E-state index contributed by atoms with van der Waals surface area (Å²) in [6, 6.07) is 29.5. The number of esters is 2. The van der Waals surface area contributed by atoms with Gasteiger partial charge in [0.25, 0.3) is 0 Å². The zero-order chi connectivity index (χ0) is 23.8. The zero-order valence-corrected chi connectivity index (χ0v) is 19.5. The van der Waals surface area contributed by atoms with E-state index in [-0.39, 0.29) is 11.9 Å². The highest BCUT2D eigenvalue weighted by molar-refractivity contribution is 5.90. The molecule has 2 heterocycles. The summed E-state index contributed by atoms with van der Waals surface area (Å²) < 4.78 is 12.1. The van der Waals surface area contributed by atoms with Gasteiger partial charge in [-0.15, -0.1) is 0 Å². The molecule has 0 N–H and O–H groups in total. The van der Waals surface area contributed by atoms with Gasteiger partial charge in [-0.3, -0.25) is 0 Å². The molecule has 5 heteroatoms. The Morgan fingerprint density at radius 2 is 1.00 bits per heavy atom. The Morgan fingerprint density at radius 3 is 1.43 bits per heavy atom. The van der Waals surface area contributed by atoms with Crippen molar-refractivity contribution in [3.8, 4) is 0 Å². The fourth-order valence-corrected chi connectivity index (χ4v) is 6.57. The number of fused-ring (bicyclic) bond motifs is 5. The second-order valence-corrected chi connectivity index (χ2v) is 9.87. The van der Waals surface area contributed by atoms with Crippen LogP contribution in [0.25, 0.3) is 0 Å². The van der Waals surface area contributed by atoms with Crippen molar-refractivity contribution >= 4 is 17.6 Å². The number of anilines is 1. The van der Waals surface area contributed by atoms with Crippen molar-refractivity contribution < 1.29 is 19.1 Å². The Kier molecular flexibility index (Phi) is 5.77. The molecular formula is C30H29NO4. The maximum Gasteiger partial charge on any atom is 0.338 e. The quantitative estimate of drug-likeness (QED) is 0.463. The second kappa shape index (κ2) is 9.21. The number of nitrogens with zero attached hydrogens (tertiary/aromatic N) is 1. The van der Waals surface area contributed by atoms with Crippen LogP contribution in [0, 0.1) is 11.8 Å². The SMILES string of the molecule is O=C(OC1CC2C(CC1OC(=O)c1ccccc1)C1CCC2N1c1ccccc1)c1ccccc1. The van der Waals surface area contributed by atoms with Gasteiger partial charge in [-0.25, -0.2) is 9.59 Å². The number of carbonyl (C=O) groups excluding carboxylic acids is 2. The number of hydrogen-bond acceptors (Lipinski definition) is 5. The van der Waals surface area contributed by atoms with Crippen molar-refractivity contribution in [2.24, 2.45) is 11.8 Å². The number of ether oxygens (including phenoxy) is 2. The van der Waals surface area contributed by atoms with Crippen molar-refractivity contribution in [3.63, 3.8) is 0 Å². The van der Waals surface area contributed by atoms with E-state index in [1.807, 2.05) is 42.5 Å². The second-order valence-electron chi connectivity index (χ2n) is 9.87. The Bertz CT molecular complexity index is 1110. The first-order valence-electron chi connectivity index (χ1n) is 12.5. The molecule has 0 spiro atoms. The van der Waals surface area contributed by atoms with Gasteiger partial charge in [0, 0.05) is 17.8 Å². The van der Waals surface area contributed by atoms with Crippen molar-refractivity contribution in [2.75, 3.05) is 4.90 Å². The molecule has 0 amide bonds. The van der Waals surface area contributed by atoms with Crippen LogP contribution in [0.5, 0.6) is 0 Å². The van der Waals surface area contributed by atoms with Gasteiger partial charge in [-0.1, -0.05) is 54.6 Å². The van der Waals surface area contributed by atoms with E-state index >= 15 is 0 Å². The molecule has 178 valence electrons. The molecule has 3 fully saturated rings. The highest BCUT2D eigenvalue weighted by atomic mass is 16.6. The fourth-order valence-electron chi connectivity index (χ4n) is 6.57. The molecule has 1 aliphatic carbocycles. The molecule has 2 bridgehead atoms. The minimum Gasteiger partial charge on any atom is -0.455 e. The standard InChI is InChI=1S/C30H29NO4/c32-29(20-10-4-1-5-11-20)34-27-18-23-24(19-28(27)35-30(33)21-12-6-2-7-13-21)26-17-16-25(23)31(26)22-14-8-3-9-15-22/h1-15,23-28H,16-19H2. The average molecular weight is 468 g/mol. The predicted octanol–water partition coefficient (Wildman–Crippen LogP) is 5.52. The van der Waals surface area contributed by atoms with Crippen molar-refractivity contribution in [1.82, 2.24) is 0 Å². The van der Waals surface area contributed by atoms with E-state index in [4.69, 9.17) is 9.47 Å². The summed E-state index contributed by atoms with van der Waals surface area (Å²) in [7, 11) is 0. The third-order valence-corrected chi connectivity index (χ3v) is 8.02. The van der Waals surface area contributed by atoms with Gasteiger partial charge in [0.2, 0.25) is 0 Å². The van der Waals surface area contributed by atoms with E-state index in [0.29, 0.717) is 47.9 Å². The first kappa shape index (κ1) is 21.9. The van der Waals surface area contributed by atoms with Gasteiger partial charge >= 0.3 is 11.9 Å². The Hall–Kier alpha value is -3.60. The fraction of sp³-hybridized carbons (Fsp3) is 0.333. The first-order valence-corrected chi connectivity index (χ1v) is 12.5. The van der Waals surface area contributed by atoms with Gasteiger partial charge in [-0.2, -0.15) is 0 Å². The van der Waals surface area contributed by atoms with Gasteiger partial charge in [0.15, 0.2) is 0 Å². The van der Waals surface area contributed by atoms with Crippen molar-refractivity contribution in [1.29, 1.82) is 0 Å². The summed E-state index contributed by atoms with van der Waals surface area (Å²) in [4.78, 5) is 28.5. The van der Waals surface area contributed by atoms with Crippen LogP contribution in [0.4, 0.5) is 5.69 Å². The summed E-state index contributed by atoms with van der Waals surface area (Å²) in [6.07, 6.45) is 2.78. The molecule has 3 aromatic rings. The average Bonchev–Trinajstić information content (AvgIpc) is 3.47. The summed E-state index contributed by atoms with van der Waals surface area (Å²) in [6.45, 7) is 0. The highest BCUT2D eigenvalue weighted by Crippen LogP contribution is 2.54. The van der Waals surface area contributed by atoms with Crippen LogP contribution < -0.4 is 4.90 Å². The number of carbonyl (C=O) groups is 2. The molecule has 3 aliphatic rings. The topological polar surface area (TPSA) is 55.8 Å². The van der Waals surface area contributed by atoms with E-state index in [2.05, 4.69) is 29.2 Å². The lowest BCUT2D eigenvalue weighted by Gasteiger charge is -2.41. The Labute approximate surface area is 205 Å². The van der Waals surface area contributed by atoms with E-state index in [0.717, 1.165) is 12.8 Å². The maximum atomic E-state index is 13.0. The molecule has 6 unspecified atom stereocenters. The molecular weight excluding hydrogens is 438 g/mol. The lowest BCUT2D eigenvalue weighted by molar-refractivity contribution is -0.0758. The molecule has 35 heavy (non-hydrogen) atoms. The molecule has 6 atom stereocenters. The summed E-state index contributed by atoms with van der Waals surface area (Å²) in [5, 5.41) is 0. The predicted molar refractivity (Wildman–Crippen MR) is 133 cm³/mol. The van der Waals surface area contributed by atoms with Crippen LogP contribution in [0.15, 0.2) is 91.0 Å². The third-order valence-electron chi connectivity index (χ3n) is 8.02. The number of para-hydroxylation sites is 1. The summed E-state index contributed by atoms with van der Waals surface area (Å²) >= 11 is 0. The third kappa shape index (κ3) is 4.09. The van der Waals surface area contributed by atoms with E-state index in [1.54, 1.807) is 24.3 Å². The first-order chi connectivity index (χ1) is 17.2. The molecule has 6 rings (SSSR count). The molecule has 0 aromatic heterocycles. The molecule has 0 radical (unpaired) electrons. The minimum absolute atomic E-state index is 0.363. The van der Waals surface area contributed by atoms with Crippen molar-refractivity contribution in [3.05, 3.63) is 102 Å². The van der Waals surface area contributed by atoms with Gasteiger partial charge in [0.05, 0.1) is 11.1 Å². The minimum atomic E-state index is -0.464. The van der Waals surface area contributed by atoms with E-state index < -0.39 is 12.2 Å². The number of hydrogen-bond donors (Lipinski definition) is 0. The van der Waals surface area contributed by atoms with E-state index in [9.17, 15) is 9.59 Å². The molecule has 5 nitrogen and oxygen atoms in total. The smallest absolute Gasteiger partial charge is 0.338 e. The van der Waals surface area contributed by atoms with Crippen LogP contribution in [0.1, 0.15) is 46.4 Å². The zero-order valence-electron chi connectivity index (χ0n) is 19.5. The van der Waals surface area contributed by atoms with Crippen LogP contribution in [0.3, 0.4) is 0 Å². The summed E-state index contributed by atoms with van der Waals surface area (Å²) in [5.74, 6) is 0.0965. The van der Waals surface area contributed by atoms with Crippen LogP contribution in [0.2, 0.25) is 0 Å². The van der Waals surface area contributed by atoms with Crippen molar-refractivity contribution in [2.45, 2.75) is 50.0 Å². The molecule has 2 aliphatic heterocycles. The molecule has 1 saturated carbocycles. The highest BCUT2D eigenvalue weighted by Gasteiger charge is 2.57. The number of rotatable bonds is 5. The lowest BCUT2D eigenvalue weighted by Crippen LogP contribution is -2.47. The lowest BCUT2D eigenvalue weighted by atomic mass is 9.69. The molecule has 3 aromatic carbocycles. The van der Waals surface area contributed by atoms with Gasteiger partial charge in [-0.05, 0) is 73.9 Å². The number of benzene rings is 3. The van der Waals surface area contributed by atoms with E-state index in [1.165, 1.54) is 5.69 Å². The van der Waals surface area contributed by atoms with Crippen LogP contribution in [-0.2, 0) is 9.47 Å². The largest absolute Gasteiger partial charge is 0.455 e. The Morgan fingerprint density at radius 1 is 0.600 bits per heavy atom. The van der Waals surface area contributed by atoms with Gasteiger partial charge < -0.3 is 14.4 Å². The normalized spacial score (nSPS) is 28.9. The van der Waals surface area contributed by atoms with Crippen LogP contribution in [-0.4, -0.2) is 36.2 Å². The van der Waals surface area contributed by atoms with Crippen LogP contribution >= 0.6 is 0 Å².